The fourth-order valence-corrected chi connectivity index (χ4v) is 2.40. The quantitative estimate of drug-likeness (QED) is 0.787. The van der Waals surface area contributed by atoms with Gasteiger partial charge >= 0.3 is 0 Å². The lowest BCUT2D eigenvalue weighted by Gasteiger charge is -2.19. The SMILES string of the molecule is CCN(CC)C(=O)CCNc1nc(C2CC2)nc(Cl)c1C. The summed E-state index contributed by atoms with van der Waals surface area (Å²) >= 11 is 6.16. The van der Waals surface area contributed by atoms with Gasteiger partial charge in [0, 0.05) is 37.5 Å². The number of hydrogen-bond acceptors (Lipinski definition) is 4. The van der Waals surface area contributed by atoms with Gasteiger partial charge in [0.05, 0.1) is 0 Å². The van der Waals surface area contributed by atoms with Crippen LogP contribution in [-0.2, 0) is 4.79 Å². The third kappa shape index (κ3) is 4.06. The van der Waals surface area contributed by atoms with Gasteiger partial charge in [-0.3, -0.25) is 4.79 Å². The van der Waals surface area contributed by atoms with E-state index in [9.17, 15) is 4.79 Å². The summed E-state index contributed by atoms with van der Waals surface area (Å²) in [5, 5.41) is 3.73. The van der Waals surface area contributed by atoms with E-state index in [4.69, 9.17) is 11.6 Å². The average Bonchev–Trinajstić information content (AvgIpc) is 3.29. The second kappa shape index (κ2) is 7.07. The van der Waals surface area contributed by atoms with Crippen molar-refractivity contribution >= 4 is 23.3 Å². The lowest BCUT2D eigenvalue weighted by atomic mass is 10.3. The molecule has 0 saturated heterocycles. The van der Waals surface area contributed by atoms with Crippen LogP contribution in [0.5, 0.6) is 0 Å². The predicted molar refractivity (Wildman–Crippen MR) is 84.8 cm³/mol. The Balaban J connectivity index is 1.95. The molecule has 5 nitrogen and oxygen atoms in total. The summed E-state index contributed by atoms with van der Waals surface area (Å²) in [6.45, 7) is 7.94. The predicted octanol–water partition coefficient (Wildman–Crippen LogP) is 2.99. The number of amides is 1. The van der Waals surface area contributed by atoms with E-state index >= 15 is 0 Å². The molecule has 1 saturated carbocycles. The van der Waals surface area contributed by atoms with Gasteiger partial charge < -0.3 is 10.2 Å². The van der Waals surface area contributed by atoms with E-state index in [1.165, 1.54) is 0 Å². The maximum atomic E-state index is 12.0. The average molecular weight is 311 g/mol. The minimum absolute atomic E-state index is 0.160. The van der Waals surface area contributed by atoms with Crippen LogP contribution in [0.2, 0.25) is 5.15 Å². The van der Waals surface area contributed by atoms with Crippen molar-refractivity contribution in [3.05, 3.63) is 16.5 Å². The van der Waals surface area contributed by atoms with Crippen LogP contribution in [0.3, 0.4) is 0 Å². The van der Waals surface area contributed by atoms with Crippen molar-refractivity contribution in [1.29, 1.82) is 0 Å². The van der Waals surface area contributed by atoms with Gasteiger partial charge in [0.1, 0.15) is 16.8 Å². The summed E-state index contributed by atoms with van der Waals surface area (Å²) in [6, 6.07) is 0. The van der Waals surface area contributed by atoms with Crippen molar-refractivity contribution in [2.45, 2.75) is 46.0 Å². The molecule has 1 aliphatic carbocycles. The molecule has 1 heterocycles. The molecular formula is C15H23ClN4O. The third-order valence-corrected chi connectivity index (χ3v) is 4.16. The molecule has 1 N–H and O–H groups in total. The molecule has 0 aromatic carbocycles. The Labute approximate surface area is 131 Å². The molecule has 116 valence electrons. The number of hydrogen-bond donors (Lipinski definition) is 1. The molecule has 2 rings (SSSR count). The van der Waals surface area contributed by atoms with E-state index in [2.05, 4.69) is 15.3 Å². The van der Waals surface area contributed by atoms with Crippen LogP contribution in [0.25, 0.3) is 0 Å². The lowest BCUT2D eigenvalue weighted by molar-refractivity contribution is -0.130. The molecule has 0 atom stereocenters. The highest BCUT2D eigenvalue weighted by Gasteiger charge is 2.28. The van der Waals surface area contributed by atoms with Crippen molar-refractivity contribution in [2.75, 3.05) is 25.0 Å². The van der Waals surface area contributed by atoms with E-state index in [1.807, 2.05) is 25.7 Å². The minimum Gasteiger partial charge on any atom is -0.369 e. The fraction of sp³-hybridized carbons (Fsp3) is 0.667. The number of carbonyl (C=O) groups is 1. The van der Waals surface area contributed by atoms with E-state index in [0.717, 1.165) is 43.1 Å². The van der Waals surface area contributed by atoms with E-state index in [1.54, 1.807) is 0 Å². The number of nitrogens with one attached hydrogen (secondary N) is 1. The van der Waals surface area contributed by atoms with E-state index in [-0.39, 0.29) is 5.91 Å². The maximum absolute atomic E-state index is 12.0. The standard InChI is InChI=1S/C15H23ClN4O/c1-4-20(5-2)12(21)8-9-17-14-10(3)13(16)18-15(19-14)11-6-7-11/h11H,4-9H2,1-3H3,(H,17,18,19). The highest BCUT2D eigenvalue weighted by Crippen LogP contribution is 2.39. The molecule has 1 amide bonds. The number of halogens is 1. The fourth-order valence-electron chi connectivity index (χ4n) is 2.22. The summed E-state index contributed by atoms with van der Waals surface area (Å²) in [7, 11) is 0. The number of aromatic nitrogens is 2. The molecule has 0 unspecified atom stereocenters. The molecule has 0 spiro atoms. The molecule has 0 radical (unpaired) electrons. The largest absolute Gasteiger partial charge is 0.369 e. The Hall–Kier alpha value is -1.36. The van der Waals surface area contributed by atoms with Crippen LogP contribution in [0, 0.1) is 6.92 Å². The zero-order chi connectivity index (χ0) is 15.4. The summed E-state index contributed by atoms with van der Waals surface area (Å²) in [4.78, 5) is 22.7. The monoisotopic (exact) mass is 310 g/mol. The molecule has 1 aromatic rings. The summed E-state index contributed by atoms with van der Waals surface area (Å²) in [5.41, 5.74) is 0.844. The van der Waals surface area contributed by atoms with Crippen LogP contribution >= 0.6 is 11.6 Å². The zero-order valence-corrected chi connectivity index (χ0v) is 13.7. The Morgan fingerprint density at radius 1 is 1.33 bits per heavy atom. The van der Waals surface area contributed by atoms with Crippen molar-refractivity contribution in [2.24, 2.45) is 0 Å². The Morgan fingerprint density at radius 2 is 2.00 bits per heavy atom. The van der Waals surface area contributed by atoms with Crippen molar-refractivity contribution < 1.29 is 4.79 Å². The first-order valence-electron chi connectivity index (χ1n) is 7.62. The molecule has 1 aromatic heterocycles. The highest BCUT2D eigenvalue weighted by atomic mass is 35.5. The highest BCUT2D eigenvalue weighted by molar-refractivity contribution is 6.30. The topological polar surface area (TPSA) is 58.1 Å². The van der Waals surface area contributed by atoms with Crippen molar-refractivity contribution in [3.63, 3.8) is 0 Å². The second-order valence-corrected chi connectivity index (χ2v) is 5.72. The van der Waals surface area contributed by atoms with Crippen molar-refractivity contribution in [3.8, 4) is 0 Å². The van der Waals surface area contributed by atoms with Gasteiger partial charge in [0.25, 0.3) is 0 Å². The van der Waals surface area contributed by atoms with Gasteiger partial charge in [-0.05, 0) is 33.6 Å². The Morgan fingerprint density at radius 3 is 2.57 bits per heavy atom. The van der Waals surface area contributed by atoms with Crippen LogP contribution in [0.4, 0.5) is 5.82 Å². The Kier molecular flexibility index (Phi) is 5.39. The molecule has 1 aliphatic rings. The molecule has 0 aliphatic heterocycles. The van der Waals surface area contributed by atoms with Crippen LogP contribution in [0.15, 0.2) is 0 Å². The first kappa shape index (κ1) is 16.0. The normalized spacial score (nSPS) is 14.1. The van der Waals surface area contributed by atoms with Gasteiger partial charge in [0.2, 0.25) is 5.91 Å². The smallest absolute Gasteiger partial charge is 0.224 e. The molecule has 1 fully saturated rings. The number of rotatable bonds is 7. The second-order valence-electron chi connectivity index (χ2n) is 5.36. The lowest BCUT2D eigenvalue weighted by Crippen LogP contribution is -2.31. The molecule has 21 heavy (non-hydrogen) atoms. The van der Waals surface area contributed by atoms with Crippen LogP contribution in [0.1, 0.15) is 50.4 Å². The van der Waals surface area contributed by atoms with E-state index in [0.29, 0.717) is 24.0 Å². The van der Waals surface area contributed by atoms with Gasteiger partial charge in [-0.1, -0.05) is 11.6 Å². The van der Waals surface area contributed by atoms with Crippen LogP contribution < -0.4 is 5.32 Å². The summed E-state index contributed by atoms with van der Waals surface area (Å²) < 4.78 is 0. The third-order valence-electron chi connectivity index (χ3n) is 3.79. The number of carbonyl (C=O) groups excluding carboxylic acids is 1. The summed E-state index contributed by atoms with van der Waals surface area (Å²) in [6.07, 6.45) is 2.74. The van der Waals surface area contributed by atoms with Gasteiger partial charge in [-0.2, -0.15) is 0 Å². The van der Waals surface area contributed by atoms with Gasteiger partial charge in [-0.25, -0.2) is 9.97 Å². The molecule has 6 heteroatoms. The van der Waals surface area contributed by atoms with Crippen LogP contribution in [-0.4, -0.2) is 40.4 Å². The van der Waals surface area contributed by atoms with Crippen molar-refractivity contribution in [1.82, 2.24) is 14.9 Å². The van der Waals surface area contributed by atoms with E-state index < -0.39 is 0 Å². The number of nitrogens with zero attached hydrogens (tertiary/aromatic N) is 3. The molecule has 0 bridgehead atoms. The molecular weight excluding hydrogens is 288 g/mol. The van der Waals surface area contributed by atoms with Gasteiger partial charge in [0.15, 0.2) is 0 Å². The zero-order valence-electron chi connectivity index (χ0n) is 12.9. The maximum Gasteiger partial charge on any atom is 0.224 e. The number of anilines is 1. The Bertz CT molecular complexity index is 513. The van der Waals surface area contributed by atoms with Gasteiger partial charge in [-0.15, -0.1) is 0 Å². The summed E-state index contributed by atoms with van der Waals surface area (Å²) in [5.74, 6) is 2.20. The first-order chi connectivity index (χ1) is 10.1. The first-order valence-corrected chi connectivity index (χ1v) is 8.00. The minimum atomic E-state index is 0.160.